The lowest BCUT2D eigenvalue weighted by atomic mass is 9.97. The van der Waals surface area contributed by atoms with Gasteiger partial charge in [-0.3, -0.25) is 14.3 Å². The van der Waals surface area contributed by atoms with E-state index in [1.807, 2.05) is 18.2 Å². The Labute approximate surface area is 229 Å². The molecular weight excluding hydrogens is 494 g/mol. The van der Waals surface area contributed by atoms with E-state index in [1.54, 1.807) is 30.8 Å². The zero-order valence-corrected chi connectivity index (χ0v) is 22.9. The molecule has 0 aliphatic heterocycles. The SMILES string of the molecule is CC(C)(O)Cn1ccc(NC(=O)[C@@H](CC2CCCC2)n2ncc(Oc3ccccc3C3CCCC3)cc2=O)n1. The van der Waals surface area contributed by atoms with E-state index in [9.17, 15) is 14.7 Å². The van der Waals surface area contributed by atoms with Crippen molar-refractivity contribution >= 4 is 11.7 Å². The maximum atomic E-state index is 13.5. The van der Waals surface area contributed by atoms with E-state index in [0.29, 0.717) is 36.4 Å². The van der Waals surface area contributed by atoms with Crippen LogP contribution < -0.4 is 15.6 Å². The first-order valence-electron chi connectivity index (χ1n) is 14.2. The number of carbonyl (C=O) groups excluding carboxylic acids is 1. The predicted molar refractivity (Wildman–Crippen MR) is 149 cm³/mol. The minimum Gasteiger partial charge on any atom is -0.455 e. The number of nitrogens with zero attached hydrogens (tertiary/aromatic N) is 4. The number of hydrogen-bond donors (Lipinski definition) is 2. The Kier molecular flexibility index (Phi) is 8.16. The number of amides is 1. The molecule has 9 nitrogen and oxygen atoms in total. The van der Waals surface area contributed by atoms with Crippen LogP contribution in [-0.4, -0.2) is 36.2 Å². The molecule has 0 spiro atoms. The topological polar surface area (TPSA) is 111 Å². The standard InChI is InChI=1S/C30H39N5O4/c1-30(2,38)20-34-16-15-27(33-34)32-29(37)25(17-21-9-3-4-10-21)35-28(36)18-23(19-31-35)39-26-14-8-7-13-24(26)22-11-5-6-12-22/h7-8,13-16,18-19,21-22,25,38H,3-6,9-12,17,20H2,1-2H3,(H,32,33,37)/t25-/m1/s1. The number of para-hydroxylation sites is 1. The van der Waals surface area contributed by atoms with Gasteiger partial charge in [-0.25, -0.2) is 4.68 Å². The van der Waals surface area contributed by atoms with E-state index >= 15 is 0 Å². The van der Waals surface area contributed by atoms with Gasteiger partial charge in [-0.2, -0.15) is 10.2 Å². The Morgan fingerprint density at radius 1 is 1.13 bits per heavy atom. The van der Waals surface area contributed by atoms with Crippen molar-refractivity contribution in [2.24, 2.45) is 5.92 Å². The van der Waals surface area contributed by atoms with Crippen LogP contribution in [-0.2, 0) is 11.3 Å². The van der Waals surface area contributed by atoms with Crippen LogP contribution >= 0.6 is 0 Å². The highest BCUT2D eigenvalue weighted by Gasteiger charge is 2.29. The van der Waals surface area contributed by atoms with E-state index in [0.717, 1.165) is 44.3 Å². The summed E-state index contributed by atoms with van der Waals surface area (Å²) in [7, 11) is 0. The van der Waals surface area contributed by atoms with Crippen molar-refractivity contribution in [3.8, 4) is 11.5 Å². The lowest BCUT2D eigenvalue weighted by Crippen LogP contribution is -2.36. The van der Waals surface area contributed by atoms with Gasteiger partial charge in [0.2, 0.25) is 0 Å². The van der Waals surface area contributed by atoms with Crippen LogP contribution in [0.4, 0.5) is 5.82 Å². The number of ether oxygens (including phenoxy) is 1. The first kappa shape index (κ1) is 27.1. The molecule has 0 radical (unpaired) electrons. The highest BCUT2D eigenvalue weighted by molar-refractivity contribution is 5.92. The molecular formula is C30H39N5O4. The van der Waals surface area contributed by atoms with Crippen LogP contribution in [0.2, 0.25) is 0 Å². The first-order valence-corrected chi connectivity index (χ1v) is 14.2. The number of carbonyl (C=O) groups is 1. The van der Waals surface area contributed by atoms with Crippen molar-refractivity contribution in [3.63, 3.8) is 0 Å². The molecule has 0 unspecified atom stereocenters. The van der Waals surface area contributed by atoms with Gasteiger partial charge in [0.25, 0.3) is 11.5 Å². The molecule has 208 valence electrons. The molecule has 1 aromatic carbocycles. The van der Waals surface area contributed by atoms with Gasteiger partial charge in [0.05, 0.1) is 18.3 Å². The Bertz CT molecular complexity index is 1330. The van der Waals surface area contributed by atoms with Gasteiger partial charge in [-0.1, -0.05) is 56.7 Å². The van der Waals surface area contributed by atoms with Crippen LogP contribution in [0.5, 0.6) is 11.5 Å². The summed E-state index contributed by atoms with van der Waals surface area (Å²) in [6.07, 6.45) is 12.9. The van der Waals surface area contributed by atoms with Crippen molar-refractivity contribution in [1.29, 1.82) is 0 Å². The van der Waals surface area contributed by atoms with Crippen molar-refractivity contribution in [1.82, 2.24) is 19.6 Å². The fourth-order valence-corrected chi connectivity index (χ4v) is 5.97. The fraction of sp³-hybridized carbons (Fsp3) is 0.533. The van der Waals surface area contributed by atoms with Gasteiger partial charge in [-0.05, 0) is 56.6 Å². The van der Waals surface area contributed by atoms with E-state index in [2.05, 4.69) is 21.6 Å². The Morgan fingerprint density at radius 3 is 2.56 bits per heavy atom. The Morgan fingerprint density at radius 2 is 1.85 bits per heavy atom. The summed E-state index contributed by atoms with van der Waals surface area (Å²) in [5.74, 6) is 2.00. The number of anilines is 1. The highest BCUT2D eigenvalue weighted by atomic mass is 16.5. The minimum atomic E-state index is -0.934. The van der Waals surface area contributed by atoms with Crippen molar-refractivity contribution in [2.75, 3.05) is 5.32 Å². The molecule has 1 atom stereocenters. The number of aromatic nitrogens is 4. The van der Waals surface area contributed by atoms with Crippen LogP contribution in [0.25, 0.3) is 0 Å². The summed E-state index contributed by atoms with van der Waals surface area (Å²) in [5.41, 5.74) is -0.144. The molecule has 2 heterocycles. The Hall–Kier alpha value is -3.46. The van der Waals surface area contributed by atoms with Crippen LogP contribution in [0, 0.1) is 5.92 Å². The summed E-state index contributed by atoms with van der Waals surface area (Å²) >= 11 is 0. The normalized spacial score (nSPS) is 17.4. The van der Waals surface area contributed by atoms with Gasteiger partial charge in [-0.15, -0.1) is 0 Å². The smallest absolute Gasteiger partial charge is 0.271 e. The zero-order valence-electron chi connectivity index (χ0n) is 22.9. The summed E-state index contributed by atoms with van der Waals surface area (Å²) < 4.78 is 9.02. The molecule has 0 bridgehead atoms. The first-order chi connectivity index (χ1) is 18.7. The third kappa shape index (κ3) is 6.95. The molecule has 2 aliphatic rings. The fourth-order valence-electron chi connectivity index (χ4n) is 5.97. The summed E-state index contributed by atoms with van der Waals surface area (Å²) in [5, 5.41) is 21.7. The lowest BCUT2D eigenvalue weighted by Gasteiger charge is -2.21. The molecule has 2 fully saturated rings. The van der Waals surface area contributed by atoms with E-state index in [1.165, 1.54) is 35.4 Å². The van der Waals surface area contributed by atoms with Gasteiger partial charge >= 0.3 is 0 Å². The molecule has 5 rings (SSSR count). The lowest BCUT2D eigenvalue weighted by molar-refractivity contribution is -0.120. The second-order valence-corrected chi connectivity index (χ2v) is 11.7. The highest BCUT2D eigenvalue weighted by Crippen LogP contribution is 2.40. The maximum Gasteiger partial charge on any atom is 0.271 e. The Balaban J connectivity index is 1.35. The number of nitrogens with one attached hydrogen (secondary N) is 1. The predicted octanol–water partition coefficient (Wildman–Crippen LogP) is 5.42. The van der Waals surface area contributed by atoms with Crippen LogP contribution in [0.1, 0.15) is 89.2 Å². The van der Waals surface area contributed by atoms with E-state index in [4.69, 9.17) is 4.74 Å². The van der Waals surface area contributed by atoms with Gasteiger partial charge in [0.1, 0.15) is 11.8 Å². The molecule has 1 amide bonds. The largest absolute Gasteiger partial charge is 0.455 e. The molecule has 0 saturated heterocycles. The van der Waals surface area contributed by atoms with E-state index < -0.39 is 11.6 Å². The maximum absolute atomic E-state index is 13.5. The quantitative estimate of drug-likeness (QED) is 0.360. The number of aliphatic hydroxyl groups is 1. The number of rotatable bonds is 10. The third-order valence-electron chi connectivity index (χ3n) is 7.81. The van der Waals surface area contributed by atoms with Crippen molar-refractivity contribution in [3.05, 3.63) is 64.7 Å². The zero-order chi connectivity index (χ0) is 27.4. The monoisotopic (exact) mass is 533 g/mol. The molecule has 2 saturated carbocycles. The summed E-state index contributed by atoms with van der Waals surface area (Å²) in [6.45, 7) is 3.69. The molecule has 2 aliphatic carbocycles. The van der Waals surface area contributed by atoms with E-state index in [-0.39, 0.29) is 11.5 Å². The second kappa shape index (κ2) is 11.7. The van der Waals surface area contributed by atoms with Crippen molar-refractivity contribution < 1.29 is 14.6 Å². The average Bonchev–Trinajstić information content (AvgIpc) is 3.66. The summed E-state index contributed by atoms with van der Waals surface area (Å²) in [6, 6.07) is 10.3. The second-order valence-electron chi connectivity index (χ2n) is 11.7. The van der Waals surface area contributed by atoms with Crippen LogP contribution in [0.3, 0.4) is 0 Å². The number of benzene rings is 1. The van der Waals surface area contributed by atoms with Crippen molar-refractivity contribution in [2.45, 2.75) is 95.7 Å². The molecule has 9 heteroatoms. The van der Waals surface area contributed by atoms with Gasteiger partial charge < -0.3 is 15.2 Å². The third-order valence-corrected chi connectivity index (χ3v) is 7.81. The number of hydrogen-bond acceptors (Lipinski definition) is 6. The average molecular weight is 534 g/mol. The molecule has 2 N–H and O–H groups in total. The molecule has 3 aromatic rings. The van der Waals surface area contributed by atoms with Crippen LogP contribution in [0.15, 0.2) is 53.6 Å². The van der Waals surface area contributed by atoms with Gasteiger partial charge in [0, 0.05) is 18.3 Å². The van der Waals surface area contributed by atoms with Gasteiger partial charge in [0.15, 0.2) is 11.6 Å². The molecule has 2 aromatic heterocycles. The molecule has 39 heavy (non-hydrogen) atoms. The summed E-state index contributed by atoms with van der Waals surface area (Å²) in [4.78, 5) is 26.8. The minimum absolute atomic E-state index is 0.292.